The highest BCUT2D eigenvalue weighted by Gasteiger charge is 2.14. The smallest absolute Gasteiger partial charge is 0.233 e. The summed E-state index contributed by atoms with van der Waals surface area (Å²) in [6, 6.07) is 4.88. The lowest BCUT2D eigenvalue weighted by Crippen LogP contribution is -2.30. The minimum Gasteiger partial charge on any atom is -0.494 e. The number of nitrogens with one attached hydrogen (secondary N) is 3. The van der Waals surface area contributed by atoms with Crippen LogP contribution >= 0.6 is 0 Å². The minimum absolute atomic E-state index is 0.0864. The van der Waals surface area contributed by atoms with E-state index in [9.17, 15) is 4.39 Å². The fourth-order valence-electron chi connectivity index (χ4n) is 2.55. The molecule has 1 fully saturated rings. The van der Waals surface area contributed by atoms with Crippen molar-refractivity contribution in [3.8, 4) is 5.75 Å². The van der Waals surface area contributed by atoms with Gasteiger partial charge in [0.15, 0.2) is 11.6 Å². The van der Waals surface area contributed by atoms with Crippen LogP contribution in [0.3, 0.4) is 0 Å². The van der Waals surface area contributed by atoms with Crippen LogP contribution in [0.4, 0.5) is 27.9 Å². The zero-order valence-corrected chi connectivity index (χ0v) is 13.3. The van der Waals surface area contributed by atoms with Gasteiger partial charge in [-0.3, -0.25) is 0 Å². The number of rotatable bonds is 6. The second-order valence-corrected chi connectivity index (χ2v) is 5.49. The van der Waals surface area contributed by atoms with E-state index in [1.54, 1.807) is 6.07 Å². The molecule has 1 aliphatic rings. The number of methoxy groups -OCH3 is 1. The molecule has 0 saturated carbocycles. The van der Waals surface area contributed by atoms with Crippen LogP contribution in [0.1, 0.15) is 12.8 Å². The maximum atomic E-state index is 13.7. The summed E-state index contributed by atoms with van der Waals surface area (Å²) in [5.41, 5.74) is 6.21. The third kappa shape index (κ3) is 3.99. The molecule has 0 bridgehead atoms. The standard InChI is InChI=1S/C15H20FN7O/c1-24-12-5-4-9(7-11(12)16)20-15-22-13(17)21-14(23-15)19-8-10-3-2-6-18-10/h4-5,7,10,18H,2-3,6,8H2,1H3,(H4,17,19,20,21,22,23). The van der Waals surface area contributed by atoms with Gasteiger partial charge in [0.2, 0.25) is 17.8 Å². The largest absolute Gasteiger partial charge is 0.494 e. The van der Waals surface area contributed by atoms with Gasteiger partial charge in [-0.05, 0) is 31.5 Å². The Bertz CT molecular complexity index is 706. The van der Waals surface area contributed by atoms with Gasteiger partial charge in [-0.1, -0.05) is 0 Å². The van der Waals surface area contributed by atoms with E-state index in [1.165, 1.54) is 25.7 Å². The van der Waals surface area contributed by atoms with E-state index in [1.807, 2.05) is 0 Å². The average Bonchev–Trinajstić information content (AvgIpc) is 3.06. The van der Waals surface area contributed by atoms with Gasteiger partial charge in [-0.25, -0.2) is 4.39 Å². The van der Waals surface area contributed by atoms with Gasteiger partial charge in [0.1, 0.15) is 0 Å². The van der Waals surface area contributed by atoms with E-state index in [-0.39, 0.29) is 17.6 Å². The number of halogens is 1. The molecular weight excluding hydrogens is 313 g/mol. The van der Waals surface area contributed by atoms with Gasteiger partial charge in [-0.15, -0.1) is 0 Å². The number of benzene rings is 1. The molecule has 1 aromatic carbocycles. The van der Waals surface area contributed by atoms with Crippen molar-refractivity contribution in [2.75, 3.05) is 36.6 Å². The van der Waals surface area contributed by atoms with Gasteiger partial charge in [0, 0.05) is 24.3 Å². The molecule has 3 rings (SSSR count). The number of nitrogens with zero attached hydrogens (tertiary/aromatic N) is 3. The van der Waals surface area contributed by atoms with Crippen molar-refractivity contribution in [2.45, 2.75) is 18.9 Å². The molecule has 2 aromatic rings. The lowest BCUT2D eigenvalue weighted by atomic mass is 10.2. The molecule has 1 atom stereocenters. The monoisotopic (exact) mass is 333 g/mol. The summed E-state index contributed by atoms with van der Waals surface area (Å²) in [7, 11) is 1.41. The van der Waals surface area contributed by atoms with Crippen LogP contribution in [0, 0.1) is 5.82 Å². The molecule has 0 amide bonds. The normalized spacial score (nSPS) is 16.8. The van der Waals surface area contributed by atoms with Crippen molar-refractivity contribution < 1.29 is 9.13 Å². The first-order valence-corrected chi connectivity index (χ1v) is 7.73. The van der Waals surface area contributed by atoms with Crippen molar-refractivity contribution in [2.24, 2.45) is 0 Å². The lowest BCUT2D eigenvalue weighted by molar-refractivity contribution is 0.386. The summed E-state index contributed by atoms with van der Waals surface area (Å²) in [6.45, 7) is 1.74. The zero-order valence-electron chi connectivity index (χ0n) is 13.3. The highest BCUT2D eigenvalue weighted by molar-refractivity contribution is 5.56. The third-order valence-electron chi connectivity index (χ3n) is 3.73. The Labute approximate surface area is 139 Å². The first-order chi connectivity index (χ1) is 11.6. The Kier molecular flexibility index (Phi) is 4.90. The number of ether oxygens (including phenoxy) is 1. The minimum atomic E-state index is -0.477. The highest BCUT2D eigenvalue weighted by atomic mass is 19.1. The van der Waals surface area contributed by atoms with Crippen LogP contribution in [0.5, 0.6) is 5.75 Å². The van der Waals surface area contributed by atoms with Gasteiger partial charge >= 0.3 is 0 Å². The van der Waals surface area contributed by atoms with Crippen LogP contribution in [0.25, 0.3) is 0 Å². The van der Waals surface area contributed by atoms with Crippen LogP contribution in [-0.4, -0.2) is 41.2 Å². The van der Waals surface area contributed by atoms with Gasteiger partial charge in [-0.2, -0.15) is 15.0 Å². The molecule has 1 saturated heterocycles. The SMILES string of the molecule is COc1ccc(Nc2nc(N)nc(NCC3CCCN3)n2)cc1F. The second-order valence-electron chi connectivity index (χ2n) is 5.49. The Morgan fingerprint density at radius 1 is 1.33 bits per heavy atom. The zero-order chi connectivity index (χ0) is 16.9. The first kappa shape index (κ1) is 16.2. The van der Waals surface area contributed by atoms with Crippen LogP contribution in [0.2, 0.25) is 0 Å². The molecule has 9 heteroatoms. The Morgan fingerprint density at radius 2 is 2.17 bits per heavy atom. The number of nitrogen functional groups attached to an aromatic ring is 1. The second kappa shape index (κ2) is 7.26. The van der Waals surface area contributed by atoms with Gasteiger partial charge in [0.25, 0.3) is 0 Å². The molecule has 1 unspecified atom stereocenters. The number of hydrogen-bond acceptors (Lipinski definition) is 8. The Hall–Kier alpha value is -2.68. The average molecular weight is 333 g/mol. The van der Waals surface area contributed by atoms with Crippen molar-refractivity contribution in [3.05, 3.63) is 24.0 Å². The van der Waals surface area contributed by atoms with E-state index in [0.717, 1.165) is 13.0 Å². The van der Waals surface area contributed by atoms with Crippen molar-refractivity contribution >= 4 is 23.5 Å². The maximum absolute atomic E-state index is 13.7. The van der Waals surface area contributed by atoms with Crippen LogP contribution in [-0.2, 0) is 0 Å². The van der Waals surface area contributed by atoms with E-state index in [2.05, 4.69) is 30.9 Å². The summed E-state index contributed by atoms with van der Waals surface area (Å²) < 4.78 is 18.6. The fourth-order valence-corrected chi connectivity index (χ4v) is 2.55. The number of anilines is 4. The molecule has 5 N–H and O–H groups in total. The molecule has 24 heavy (non-hydrogen) atoms. The summed E-state index contributed by atoms with van der Waals surface area (Å²) in [6.07, 6.45) is 2.28. The van der Waals surface area contributed by atoms with Crippen molar-refractivity contribution in [1.82, 2.24) is 20.3 Å². The quantitative estimate of drug-likeness (QED) is 0.630. The van der Waals surface area contributed by atoms with E-state index < -0.39 is 5.82 Å². The van der Waals surface area contributed by atoms with E-state index in [0.29, 0.717) is 24.2 Å². The summed E-state index contributed by atoms with van der Waals surface area (Å²) in [5, 5.41) is 9.44. The topological polar surface area (TPSA) is 110 Å². The molecule has 0 spiro atoms. The van der Waals surface area contributed by atoms with Crippen LogP contribution in [0.15, 0.2) is 18.2 Å². The molecule has 0 radical (unpaired) electrons. The Morgan fingerprint density at radius 3 is 2.88 bits per heavy atom. The lowest BCUT2D eigenvalue weighted by Gasteiger charge is -2.12. The molecule has 1 aliphatic heterocycles. The Balaban J connectivity index is 1.69. The van der Waals surface area contributed by atoms with E-state index >= 15 is 0 Å². The van der Waals surface area contributed by atoms with Gasteiger partial charge in [0.05, 0.1) is 7.11 Å². The molecule has 8 nitrogen and oxygen atoms in total. The maximum Gasteiger partial charge on any atom is 0.233 e. The van der Waals surface area contributed by atoms with Crippen molar-refractivity contribution in [3.63, 3.8) is 0 Å². The third-order valence-corrected chi connectivity index (χ3v) is 3.73. The molecule has 0 aliphatic carbocycles. The molecule has 1 aromatic heterocycles. The predicted octanol–water partition coefficient (Wildman–Crippen LogP) is 1.51. The highest BCUT2D eigenvalue weighted by Crippen LogP contribution is 2.22. The molecular formula is C15H20FN7O. The predicted molar refractivity (Wildman–Crippen MR) is 90.0 cm³/mol. The van der Waals surface area contributed by atoms with E-state index in [4.69, 9.17) is 10.5 Å². The summed E-state index contributed by atoms with van der Waals surface area (Å²) >= 11 is 0. The number of hydrogen-bond donors (Lipinski definition) is 4. The van der Waals surface area contributed by atoms with Crippen molar-refractivity contribution in [1.29, 1.82) is 0 Å². The molecule has 128 valence electrons. The summed E-state index contributed by atoms with van der Waals surface area (Å²) in [4.78, 5) is 12.3. The number of nitrogens with two attached hydrogens (primary N) is 1. The first-order valence-electron chi connectivity index (χ1n) is 7.73. The van der Waals surface area contributed by atoms with Crippen LogP contribution < -0.4 is 26.4 Å². The summed E-state index contributed by atoms with van der Waals surface area (Å²) in [5.74, 6) is 0.405. The molecule has 2 heterocycles. The fraction of sp³-hybridized carbons (Fsp3) is 0.400. The van der Waals surface area contributed by atoms with Gasteiger partial charge < -0.3 is 26.4 Å². The number of aromatic nitrogens is 3.